The van der Waals surface area contributed by atoms with Crippen LogP contribution >= 0.6 is 0 Å². The number of amides is 3. The van der Waals surface area contributed by atoms with Crippen LogP contribution in [0.4, 0.5) is 9.18 Å². The summed E-state index contributed by atoms with van der Waals surface area (Å²) in [5.41, 5.74) is 1.96. The van der Waals surface area contributed by atoms with Crippen LogP contribution in [-0.4, -0.2) is 54.1 Å². The number of halogens is 1. The predicted octanol–water partition coefficient (Wildman–Crippen LogP) is 2.19. The summed E-state index contributed by atoms with van der Waals surface area (Å²) in [6.07, 6.45) is 1.90. The fourth-order valence-corrected chi connectivity index (χ4v) is 3.65. The maximum atomic E-state index is 13.3. The normalized spacial score (nSPS) is 23.9. The van der Waals surface area contributed by atoms with Gasteiger partial charge in [-0.25, -0.2) is 9.18 Å². The number of hydrogen-bond donors (Lipinski definition) is 1. The smallest absolute Gasteiger partial charge is 0.322 e. The fourth-order valence-electron chi connectivity index (χ4n) is 3.65. The van der Waals surface area contributed by atoms with Gasteiger partial charge < -0.3 is 15.0 Å². The minimum atomic E-state index is -0.576. The molecule has 1 saturated carbocycles. The van der Waals surface area contributed by atoms with Gasteiger partial charge in [0.1, 0.15) is 5.82 Å². The van der Waals surface area contributed by atoms with Gasteiger partial charge in [-0.2, -0.15) is 0 Å². The van der Waals surface area contributed by atoms with Crippen LogP contribution in [-0.2, 0) is 9.53 Å². The zero-order valence-electron chi connectivity index (χ0n) is 14.7. The molecule has 0 radical (unpaired) electrons. The topological polar surface area (TPSA) is 61.9 Å². The van der Waals surface area contributed by atoms with Crippen LogP contribution in [0.25, 0.3) is 0 Å². The van der Waals surface area contributed by atoms with E-state index in [2.05, 4.69) is 5.32 Å². The summed E-state index contributed by atoms with van der Waals surface area (Å²) in [6, 6.07) is 5.32. The molecule has 2 heterocycles. The molecule has 138 valence electrons. The van der Waals surface area contributed by atoms with Crippen molar-refractivity contribution in [2.75, 3.05) is 26.3 Å². The Morgan fingerprint density at radius 1 is 1.19 bits per heavy atom. The van der Waals surface area contributed by atoms with Gasteiger partial charge >= 0.3 is 6.03 Å². The standard InChI is InChI=1S/C19H22FN3O3/c1-12-16(18(24)22-8-10-26-11-9-22)17(13-2-4-14(20)5-3-13)21-19(25)23(12)15-6-7-15/h2-5,15,17H,6-11H2,1H3,(H,21,25). The summed E-state index contributed by atoms with van der Waals surface area (Å²) in [6.45, 7) is 3.92. The average Bonchev–Trinajstić information content (AvgIpc) is 3.47. The highest BCUT2D eigenvalue weighted by Gasteiger charge is 2.43. The lowest BCUT2D eigenvalue weighted by Gasteiger charge is -2.38. The van der Waals surface area contributed by atoms with Gasteiger partial charge in [-0.05, 0) is 37.5 Å². The molecule has 2 fully saturated rings. The third-order valence-electron chi connectivity index (χ3n) is 5.17. The van der Waals surface area contributed by atoms with E-state index in [9.17, 15) is 14.0 Å². The summed E-state index contributed by atoms with van der Waals surface area (Å²) in [5.74, 6) is -0.442. The Labute approximate surface area is 151 Å². The first-order valence-electron chi connectivity index (χ1n) is 8.99. The molecule has 1 unspecified atom stereocenters. The molecule has 3 amide bonds. The molecule has 1 aromatic rings. The molecule has 6 nitrogen and oxygen atoms in total. The fraction of sp³-hybridized carbons (Fsp3) is 0.474. The Balaban J connectivity index is 1.74. The highest BCUT2D eigenvalue weighted by molar-refractivity contribution is 5.98. The van der Waals surface area contributed by atoms with Crippen LogP contribution in [0, 0.1) is 5.82 Å². The SMILES string of the molecule is CC1=C(C(=O)N2CCOCC2)C(c2ccc(F)cc2)NC(=O)N1C1CC1. The summed E-state index contributed by atoms with van der Waals surface area (Å²) >= 11 is 0. The molecule has 1 saturated heterocycles. The second kappa shape index (κ2) is 6.72. The zero-order chi connectivity index (χ0) is 18.3. The van der Waals surface area contributed by atoms with Crippen LogP contribution in [0.3, 0.4) is 0 Å². The van der Waals surface area contributed by atoms with Crippen LogP contribution in [0.1, 0.15) is 31.4 Å². The van der Waals surface area contributed by atoms with Gasteiger partial charge in [0.2, 0.25) is 0 Å². The van der Waals surface area contributed by atoms with Gasteiger partial charge in [0, 0.05) is 24.8 Å². The van der Waals surface area contributed by atoms with Gasteiger partial charge in [-0.15, -0.1) is 0 Å². The molecule has 2 aliphatic heterocycles. The summed E-state index contributed by atoms with van der Waals surface area (Å²) in [7, 11) is 0. The molecule has 3 aliphatic rings. The number of nitrogens with zero attached hydrogens (tertiary/aromatic N) is 2. The first kappa shape index (κ1) is 17.0. The Kier molecular flexibility index (Phi) is 4.40. The third kappa shape index (κ3) is 3.07. The van der Waals surface area contributed by atoms with E-state index in [4.69, 9.17) is 4.74 Å². The van der Waals surface area contributed by atoms with Crippen molar-refractivity contribution in [1.29, 1.82) is 0 Å². The third-order valence-corrected chi connectivity index (χ3v) is 5.17. The second-order valence-electron chi connectivity index (χ2n) is 6.94. The van der Waals surface area contributed by atoms with E-state index >= 15 is 0 Å². The van der Waals surface area contributed by atoms with E-state index in [1.165, 1.54) is 12.1 Å². The maximum Gasteiger partial charge on any atom is 0.322 e. The van der Waals surface area contributed by atoms with Gasteiger partial charge in [-0.1, -0.05) is 12.1 Å². The molecule has 4 rings (SSSR count). The zero-order valence-corrected chi connectivity index (χ0v) is 14.7. The molecular formula is C19H22FN3O3. The van der Waals surface area contributed by atoms with Crippen molar-refractivity contribution >= 4 is 11.9 Å². The van der Waals surface area contributed by atoms with Crippen LogP contribution in [0.15, 0.2) is 35.5 Å². The number of benzene rings is 1. The summed E-state index contributed by atoms with van der Waals surface area (Å²) in [5, 5.41) is 2.95. The van der Waals surface area contributed by atoms with E-state index in [1.807, 2.05) is 6.92 Å². The molecule has 0 aromatic heterocycles. The molecule has 0 bridgehead atoms. The van der Waals surface area contributed by atoms with Crippen LogP contribution in [0.2, 0.25) is 0 Å². The van der Waals surface area contributed by atoms with Crippen molar-refractivity contribution in [3.8, 4) is 0 Å². The van der Waals surface area contributed by atoms with E-state index in [0.29, 0.717) is 43.1 Å². The second-order valence-corrected chi connectivity index (χ2v) is 6.94. The Morgan fingerprint density at radius 3 is 2.46 bits per heavy atom. The minimum absolute atomic E-state index is 0.0919. The minimum Gasteiger partial charge on any atom is -0.378 e. The van der Waals surface area contributed by atoms with Crippen molar-refractivity contribution in [2.45, 2.75) is 31.8 Å². The molecule has 26 heavy (non-hydrogen) atoms. The van der Waals surface area contributed by atoms with Gasteiger partial charge in [0.25, 0.3) is 5.91 Å². The number of urea groups is 1. The van der Waals surface area contributed by atoms with Crippen molar-refractivity contribution in [3.63, 3.8) is 0 Å². The van der Waals surface area contributed by atoms with E-state index in [-0.39, 0.29) is 23.8 Å². The van der Waals surface area contributed by atoms with Crippen molar-refractivity contribution in [1.82, 2.24) is 15.1 Å². The van der Waals surface area contributed by atoms with Gasteiger partial charge in [0.15, 0.2) is 0 Å². The average molecular weight is 359 g/mol. The number of allylic oxidation sites excluding steroid dienone is 1. The highest BCUT2D eigenvalue weighted by atomic mass is 19.1. The molecule has 0 spiro atoms. The number of nitrogens with one attached hydrogen (secondary N) is 1. The largest absolute Gasteiger partial charge is 0.378 e. The molecular weight excluding hydrogens is 337 g/mol. The number of carbonyl (C=O) groups excluding carboxylic acids is 2. The van der Waals surface area contributed by atoms with Crippen molar-refractivity contribution in [3.05, 3.63) is 46.9 Å². The molecule has 7 heteroatoms. The molecule has 1 aliphatic carbocycles. The first-order valence-corrected chi connectivity index (χ1v) is 8.99. The lowest BCUT2D eigenvalue weighted by Crippen LogP contribution is -2.51. The molecule has 1 aromatic carbocycles. The summed E-state index contributed by atoms with van der Waals surface area (Å²) in [4.78, 5) is 29.4. The van der Waals surface area contributed by atoms with Crippen molar-refractivity contribution in [2.24, 2.45) is 0 Å². The van der Waals surface area contributed by atoms with E-state index in [0.717, 1.165) is 12.8 Å². The Bertz CT molecular complexity index is 752. The number of hydrogen-bond acceptors (Lipinski definition) is 3. The number of morpholine rings is 1. The lowest BCUT2D eigenvalue weighted by molar-refractivity contribution is -0.131. The predicted molar refractivity (Wildman–Crippen MR) is 92.6 cm³/mol. The Morgan fingerprint density at radius 2 is 1.85 bits per heavy atom. The number of ether oxygens (including phenoxy) is 1. The Hall–Kier alpha value is -2.41. The van der Waals surface area contributed by atoms with Crippen molar-refractivity contribution < 1.29 is 18.7 Å². The lowest BCUT2D eigenvalue weighted by atomic mass is 9.93. The van der Waals surface area contributed by atoms with Crippen LogP contribution < -0.4 is 5.32 Å². The first-order chi connectivity index (χ1) is 12.6. The van der Waals surface area contributed by atoms with Gasteiger partial charge in [0.05, 0.1) is 24.8 Å². The quantitative estimate of drug-likeness (QED) is 0.900. The van der Waals surface area contributed by atoms with Gasteiger partial charge in [-0.3, -0.25) is 9.69 Å². The van der Waals surface area contributed by atoms with E-state index < -0.39 is 6.04 Å². The molecule has 1 N–H and O–H groups in total. The number of carbonyl (C=O) groups is 2. The highest BCUT2D eigenvalue weighted by Crippen LogP contribution is 2.38. The van der Waals surface area contributed by atoms with E-state index in [1.54, 1.807) is 21.9 Å². The number of rotatable bonds is 3. The summed E-state index contributed by atoms with van der Waals surface area (Å²) < 4.78 is 18.7. The van der Waals surface area contributed by atoms with Crippen LogP contribution in [0.5, 0.6) is 0 Å². The molecule has 1 atom stereocenters. The maximum absolute atomic E-state index is 13.3. The monoisotopic (exact) mass is 359 g/mol.